The monoisotopic (exact) mass is 639 g/mol. The molecular formula is C39H78N2O4. The predicted octanol–water partition coefficient (Wildman–Crippen LogP) is 10.6. The molecule has 0 saturated heterocycles. The van der Waals surface area contributed by atoms with E-state index in [-0.39, 0.29) is 11.9 Å². The molecule has 0 saturated carbocycles. The summed E-state index contributed by atoms with van der Waals surface area (Å²) < 4.78 is 10.7. The van der Waals surface area contributed by atoms with Crippen molar-refractivity contribution in [1.82, 2.24) is 10.6 Å². The van der Waals surface area contributed by atoms with Crippen molar-refractivity contribution < 1.29 is 19.1 Å². The third-order valence-electron chi connectivity index (χ3n) is 8.74. The molecule has 0 heterocycles. The van der Waals surface area contributed by atoms with Crippen molar-refractivity contribution in [2.45, 2.75) is 200 Å². The molecule has 0 aromatic rings. The third kappa shape index (κ3) is 39.0. The molecule has 268 valence electrons. The Morgan fingerprint density at radius 1 is 0.356 bits per heavy atom. The number of unbranched alkanes of at least 4 members (excludes halogenated alkanes) is 24. The van der Waals surface area contributed by atoms with E-state index < -0.39 is 0 Å². The quantitative estimate of drug-likeness (QED) is 0.0518. The van der Waals surface area contributed by atoms with Gasteiger partial charge in [0.25, 0.3) is 0 Å². The van der Waals surface area contributed by atoms with E-state index in [0.29, 0.717) is 39.1 Å². The Kier molecular flexibility index (Phi) is 38.1. The van der Waals surface area contributed by atoms with Crippen LogP contribution in [0, 0.1) is 0 Å². The molecule has 2 N–H and O–H groups in total. The Morgan fingerprint density at radius 2 is 0.622 bits per heavy atom. The molecule has 0 aromatic heterocycles. The number of carbonyl (C=O) groups excluding carboxylic acids is 2. The second-order valence-corrected chi connectivity index (χ2v) is 13.3. The van der Waals surface area contributed by atoms with Gasteiger partial charge in [-0.25, -0.2) is 0 Å². The van der Waals surface area contributed by atoms with Gasteiger partial charge in [0.2, 0.25) is 0 Å². The average Bonchev–Trinajstić information content (AvgIpc) is 3.04. The Balaban J connectivity index is 3.24. The van der Waals surface area contributed by atoms with Gasteiger partial charge >= 0.3 is 11.9 Å². The summed E-state index contributed by atoms with van der Waals surface area (Å²) in [6.07, 6.45) is 36.2. The van der Waals surface area contributed by atoms with E-state index in [1.165, 1.54) is 141 Å². The lowest BCUT2D eigenvalue weighted by Crippen LogP contribution is -2.26. The number of esters is 2. The van der Waals surface area contributed by atoms with Crippen molar-refractivity contribution in [3.63, 3.8) is 0 Å². The molecule has 0 fully saturated rings. The summed E-state index contributed by atoms with van der Waals surface area (Å²) in [5.74, 6) is -0.200. The number of nitrogens with one attached hydrogen (secondary N) is 2. The van der Waals surface area contributed by atoms with Crippen molar-refractivity contribution in [2.75, 3.05) is 39.4 Å². The molecule has 0 spiro atoms. The van der Waals surface area contributed by atoms with Gasteiger partial charge in [-0.3, -0.25) is 9.59 Å². The van der Waals surface area contributed by atoms with E-state index >= 15 is 0 Å². The van der Waals surface area contributed by atoms with Gasteiger partial charge in [-0.1, -0.05) is 168 Å². The maximum atomic E-state index is 11.9. The molecule has 0 aliphatic heterocycles. The van der Waals surface area contributed by atoms with Crippen LogP contribution in [0.4, 0.5) is 0 Å². The standard InChI is InChI=1S/C39H78N2O4/c1-3-5-7-9-11-13-15-17-19-21-23-25-27-36-44-38(42)30-34-40-32-29-33-41-35-31-39(43)45-37-28-26-24-22-20-18-16-14-12-10-8-6-4-2/h40-41H,3-37H2,1-2H3. The van der Waals surface area contributed by atoms with Crippen molar-refractivity contribution in [3.05, 3.63) is 0 Å². The SMILES string of the molecule is CCCCCCCCCCCCCCCOC(=O)CCNCCCNCCC(=O)OCCCCCCCCCCCCCCC. The van der Waals surface area contributed by atoms with Crippen molar-refractivity contribution in [1.29, 1.82) is 0 Å². The van der Waals surface area contributed by atoms with Gasteiger partial charge in [0.05, 0.1) is 26.1 Å². The van der Waals surface area contributed by atoms with Crippen LogP contribution in [0.25, 0.3) is 0 Å². The summed E-state index contributed by atoms with van der Waals surface area (Å²) in [4.78, 5) is 23.8. The van der Waals surface area contributed by atoms with Crippen LogP contribution in [0.5, 0.6) is 0 Å². The molecule has 0 radical (unpaired) electrons. The summed E-state index contributed by atoms with van der Waals surface area (Å²) in [7, 11) is 0. The topological polar surface area (TPSA) is 76.7 Å². The molecule has 6 heteroatoms. The van der Waals surface area contributed by atoms with E-state index in [1.807, 2.05) is 0 Å². The molecule has 0 aliphatic rings. The van der Waals surface area contributed by atoms with Crippen LogP contribution >= 0.6 is 0 Å². The Bertz CT molecular complexity index is 552. The van der Waals surface area contributed by atoms with Crippen molar-refractivity contribution >= 4 is 11.9 Å². The summed E-state index contributed by atoms with van der Waals surface area (Å²) in [6.45, 7) is 8.67. The zero-order valence-corrected chi connectivity index (χ0v) is 30.4. The summed E-state index contributed by atoms with van der Waals surface area (Å²) in [5, 5.41) is 6.61. The van der Waals surface area contributed by atoms with Crippen LogP contribution in [-0.2, 0) is 19.1 Å². The number of carbonyl (C=O) groups is 2. The minimum Gasteiger partial charge on any atom is -0.466 e. The molecule has 0 aliphatic carbocycles. The number of hydrogen-bond donors (Lipinski definition) is 2. The average molecular weight is 639 g/mol. The Morgan fingerprint density at radius 3 is 0.911 bits per heavy atom. The molecule has 45 heavy (non-hydrogen) atoms. The van der Waals surface area contributed by atoms with Crippen LogP contribution in [0.3, 0.4) is 0 Å². The first-order chi connectivity index (χ1) is 22.2. The second kappa shape index (κ2) is 39.0. The summed E-state index contributed by atoms with van der Waals surface area (Å²) in [6, 6.07) is 0. The molecule has 0 aromatic carbocycles. The van der Waals surface area contributed by atoms with Gasteiger partial charge in [0.1, 0.15) is 0 Å². The minimum atomic E-state index is -0.100. The number of hydrogen-bond acceptors (Lipinski definition) is 6. The second-order valence-electron chi connectivity index (χ2n) is 13.3. The molecule has 0 atom stereocenters. The van der Waals surface area contributed by atoms with Gasteiger partial charge < -0.3 is 20.1 Å². The predicted molar refractivity (Wildman–Crippen MR) is 193 cm³/mol. The van der Waals surface area contributed by atoms with E-state index in [9.17, 15) is 9.59 Å². The molecule has 0 rings (SSSR count). The lowest BCUT2D eigenvalue weighted by Gasteiger charge is -2.08. The minimum absolute atomic E-state index is 0.100. The van der Waals surface area contributed by atoms with Crippen molar-refractivity contribution in [2.24, 2.45) is 0 Å². The Labute approximate surface area is 280 Å². The molecular weight excluding hydrogens is 560 g/mol. The lowest BCUT2D eigenvalue weighted by molar-refractivity contribution is -0.144. The zero-order valence-electron chi connectivity index (χ0n) is 30.4. The van der Waals surface area contributed by atoms with E-state index in [2.05, 4.69) is 24.5 Å². The van der Waals surface area contributed by atoms with Crippen LogP contribution in [0.2, 0.25) is 0 Å². The summed E-state index contributed by atoms with van der Waals surface area (Å²) >= 11 is 0. The van der Waals surface area contributed by atoms with Gasteiger partial charge in [-0.15, -0.1) is 0 Å². The third-order valence-corrected chi connectivity index (χ3v) is 8.74. The fourth-order valence-corrected chi connectivity index (χ4v) is 5.73. The van der Waals surface area contributed by atoms with Crippen LogP contribution in [-0.4, -0.2) is 51.3 Å². The van der Waals surface area contributed by atoms with Gasteiger partial charge in [-0.2, -0.15) is 0 Å². The fraction of sp³-hybridized carbons (Fsp3) is 0.949. The van der Waals surface area contributed by atoms with E-state index in [1.54, 1.807) is 0 Å². The van der Waals surface area contributed by atoms with E-state index in [4.69, 9.17) is 9.47 Å². The first kappa shape index (κ1) is 43.9. The van der Waals surface area contributed by atoms with Gasteiger partial charge in [0.15, 0.2) is 0 Å². The van der Waals surface area contributed by atoms with Crippen LogP contribution < -0.4 is 10.6 Å². The van der Waals surface area contributed by atoms with E-state index in [0.717, 1.165) is 45.2 Å². The zero-order chi connectivity index (χ0) is 32.7. The lowest BCUT2D eigenvalue weighted by atomic mass is 10.0. The highest BCUT2D eigenvalue weighted by atomic mass is 16.5. The largest absolute Gasteiger partial charge is 0.466 e. The first-order valence-corrected chi connectivity index (χ1v) is 19.9. The van der Waals surface area contributed by atoms with Crippen molar-refractivity contribution in [3.8, 4) is 0 Å². The van der Waals surface area contributed by atoms with Gasteiger partial charge in [-0.05, 0) is 32.4 Å². The normalized spacial score (nSPS) is 11.2. The van der Waals surface area contributed by atoms with Gasteiger partial charge in [0, 0.05) is 13.1 Å². The molecule has 6 nitrogen and oxygen atoms in total. The Hall–Kier alpha value is -1.14. The number of ether oxygens (including phenoxy) is 2. The highest BCUT2D eigenvalue weighted by Crippen LogP contribution is 2.14. The maximum Gasteiger partial charge on any atom is 0.307 e. The number of rotatable bonds is 38. The highest BCUT2D eigenvalue weighted by molar-refractivity contribution is 5.69. The first-order valence-electron chi connectivity index (χ1n) is 19.9. The molecule has 0 amide bonds. The smallest absolute Gasteiger partial charge is 0.307 e. The molecule has 0 unspecified atom stereocenters. The highest BCUT2D eigenvalue weighted by Gasteiger charge is 2.04. The summed E-state index contributed by atoms with van der Waals surface area (Å²) in [5.41, 5.74) is 0. The molecule has 0 bridgehead atoms. The fourth-order valence-electron chi connectivity index (χ4n) is 5.73. The van der Waals surface area contributed by atoms with Crippen LogP contribution in [0.1, 0.15) is 200 Å². The maximum absolute atomic E-state index is 11.9. The van der Waals surface area contributed by atoms with Crippen LogP contribution in [0.15, 0.2) is 0 Å².